The average Bonchev–Trinajstić information content (AvgIpc) is 2.45. The van der Waals surface area contributed by atoms with Crippen LogP contribution in [0.1, 0.15) is 18.2 Å². The summed E-state index contributed by atoms with van der Waals surface area (Å²) in [6.45, 7) is 8.25. The molecule has 0 saturated carbocycles. The number of nitrogens with zero attached hydrogens (tertiary/aromatic N) is 2. The molecule has 1 aliphatic heterocycles. The summed E-state index contributed by atoms with van der Waals surface area (Å²) in [6.07, 6.45) is 0. The molecule has 0 radical (unpaired) electrons. The van der Waals surface area contributed by atoms with Crippen LogP contribution in [0.5, 0.6) is 0 Å². The minimum Gasteiger partial charge on any atom is -0.312 e. The number of hydrogen-bond donors (Lipinski definition) is 1. The minimum absolute atomic E-state index is 0. The van der Waals surface area contributed by atoms with Gasteiger partial charge in [0, 0.05) is 37.6 Å². The third kappa shape index (κ3) is 4.03. The first-order chi connectivity index (χ1) is 9.65. The standard InChI is InChI=1S/C16H20ClN3.2ClH/c1-11-9-20(8-7-18-11)10-15-16(17)12(2)13-5-3-4-6-14(13)19-15;;/h3-6,11,18H,7-10H2,1-2H3;2*1H. The molecule has 22 heavy (non-hydrogen) atoms. The number of piperazine rings is 1. The Morgan fingerprint density at radius 3 is 2.77 bits per heavy atom. The molecule has 1 aromatic heterocycles. The van der Waals surface area contributed by atoms with E-state index in [1.165, 1.54) is 0 Å². The molecule has 0 aliphatic carbocycles. The molecule has 3 rings (SSSR count). The Labute approximate surface area is 149 Å². The van der Waals surface area contributed by atoms with Crippen molar-refractivity contribution in [1.82, 2.24) is 15.2 Å². The average molecular weight is 363 g/mol. The molecule has 2 heterocycles. The number of aromatic nitrogens is 1. The predicted octanol–water partition coefficient (Wildman–Crippen LogP) is 3.83. The van der Waals surface area contributed by atoms with Gasteiger partial charge >= 0.3 is 0 Å². The van der Waals surface area contributed by atoms with E-state index in [9.17, 15) is 0 Å². The first kappa shape index (κ1) is 19.5. The molecule has 1 N–H and O–H groups in total. The second-order valence-electron chi connectivity index (χ2n) is 5.60. The van der Waals surface area contributed by atoms with Gasteiger partial charge in [0.25, 0.3) is 0 Å². The highest BCUT2D eigenvalue weighted by molar-refractivity contribution is 6.32. The van der Waals surface area contributed by atoms with Crippen molar-refractivity contribution in [1.29, 1.82) is 0 Å². The molecule has 1 aliphatic rings. The van der Waals surface area contributed by atoms with Crippen molar-refractivity contribution in [3.8, 4) is 0 Å². The summed E-state index contributed by atoms with van der Waals surface area (Å²) in [4.78, 5) is 7.18. The van der Waals surface area contributed by atoms with E-state index >= 15 is 0 Å². The van der Waals surface area contributed by atoms with Gasteiger partial charge in [-0.1, -0.05) is 29.8 Å². The maximum absolute atomic E-state index is 6.52. The topological polar surface area (TPSA) is 28.2 Å². The zero-order valence-corrected chi connectivity index (χ0v) is 15.2. The van der Waals surface area contributed by atoms with Crippen molar-refractivity contribution in [3.63, 3.8) is 0 Å². The molecule has 1 atom stereocenters. The van der Waals surface area contributed by atoms with E-state index in [0.717, 1.165) is 53.4 Å². The summed E-state index contributed by atoms with van der Waals surface area (Å²) in [6, 6.07) is 8.73. The highest BCUT2D eigenvalue weighted by atomic mass is 35.5. The lowest BCUT2D eigenvalue weighted by molar-refractivity contribution is 0.198. The van der Waals surface area contributed by atoms with E-state index in [1.807, 2.05) is 12.1 Å². The monoisotopic (exact) mass is 361 g/mol. The van der Waals surface area contributed by atoms with Gasteiger partial charge in [0.15, 0.2) is 0 Å². The first-order valence-electron chi connectivity index (χ1n) is 7.14. The van der Waals surface area contributed by atoms with Gasteiger partial charge in [0.1, 0.15) is 0 Å². The van der Waals surface area contributed by atoms with E-state index in [0.29, 0.717) is 6.04 Å². The number of aryl methyl sites for hydroxylation is 1. The van der Waals surface area contributed by atoms with E-state index in [4.69, 9.17) is 16.6 Å². The number of fused-ring (bicyclic) bond motifs is 1. The van der Waals surface area contributed by atoms with Crippen molar-refractivity contribution >= 4 is 47.3 Å². The first-order valence-corrected chi connectivity index (χ1v) is 7.52. The highest BCUT2D eigenvalue weighted by Gasteiger charge is 2.18. The lowest BCUT2D eigenvalue weighted by Crippen LogP contribution is -2.48. The maximum Gasteiger partial charge on any atom is 0.0740 e. The van der Waals surface area contributed by atoms with Crippen molar-refractivity contribution < 1.29 is 0 Å². The lowest BCUT2D eigenvalue weighted by Gasteiger charge is -2.31. The fourth-order valence-electron chi connectivity index (χ4n) is 2.89. The second kappa shape index (κ2) is 8.32. The molecule has 1 unspecified atom stereocenters. The van der Waals surface area contributed by atoms with Crippen LogP contribution in [0.15, 0.2) is 24.3 Å². The van der Waals surface area contributed by atoms with Gasteiger partial charge in [0.2, 0.25) is 0 Å². The Kier molecular flexibility index (Phi) is 7.36. The smallest absolute Gasteiger partial charge is 0.0740 e. The summed E-state index contributed by atoms with van der Waals surface area (Å²) in [5, 5.41) is 5.42. The van der Waals surface area contributed by atoms with Gasteiger partial charge in [-0.2, -0.15) is 0 Å². The van der Waals surface area contributed by atoms with Crippen molar-refractivity contribution in [2.75, 3.05) is 19.6 Å². The lowest BCUT2D eigenvalue weighted by atomic mass is 10.1. The number of hydrogen-bond acceptors (Lipinski definition) is 3. The molecule has 1 saturated heterocycles. The molecule has 3 nitrogen and oxygen atoms in total. The molecular formula is C16H22Cl3N3. The maximum atomic E-state index is 6.52. The predicted molar refractivity (Wildman–Crippen MR) is 98.7 cm³/mol. The summed E-state index contributed by atoms with van der Waals surface area (Å²) >= 11 is 6.52. The molecular weight excluding hydrogens is 341 g/mol. The summed E-state index contributed by atoms with van der Waals surface area (Å²) in [5.74, 6) is 0. The fraction of sp³-hybridized carbons (Fsp3) is 0.438. The van der Waals surface area contributed by atoms with E-state index < -0.39 is 0 Å². The molecule has 0 spiro atoms. The largest absolute Gasteiger partial charge is 0.312 e. The van der Waals surface area contributed by atoms with Gasteiger partial charge in [0.05, 0.1) is 16.2 Å². The molecule has 0 amide bonds. The van der Waals surface area contributed by atoms with Crippen molar-refractivity contribution in [2.45, 2.75) is 26.4 Å². The third-order valence-electron chi connectivity index (χ3n) is 3.97. The summed E-state index contributed by atoms with van der Waals surface area (Å²) < 4.78 is 0. The molecule has 6 heteroatoms. The Bertz CT molecular complexity index is 633. The zero-order chi connectivity index (χ0) is 14.1. The summed E-state index contributed by atoms with van der Waals surface area (Å²) in [7, 11) is 0. The van der Waals surface area contributed by atoms with Crippen LogP contribution >= 0.6 is 36.4 Å². The third-order valence-corrected chi connectivity index (χ3v) is 4.47. The van der Waals surface area contributed by atoms with Gasteiger partial charge in [-0.15, -0.1) is 24.8 Å². The van der Waals surface area contributed by atoms with Crippen LogP contribution in [0.4, 0.5) is 0 Å². The van der Waals surface area contributed by atoms with Gasteiger partial charge in [-0.05, 0) is 25.5 Å². The number of halogens is 3. The molecule has 1 fully saturated rings. The number of rotatable bonds is 2. The second-order valence-corrected chi connectivity index (χ2v) is 5.98. The normalized spacial score (nSPS) is 18.6. The van der Waals surface area contributed by atoms with Crippen molar-refractivity contribution in [2.24, 2.45) is 0 Å². The van der Waals surface area contributed by atoms with Crippen LogP contribution < -0.4 is 5.32 Å². The van der Waals surface area contributed by atoms with Gasteiger partial charge < -0.3 is 5.32 Å². The number of nitrogens with one attached hydrogen (secondary N) is 1. The minimum atomic E-state index is 0. The number of para-hydroxylation sites is 1. The van der Waals surface area contributed by atoms with Crippen molar-refractivity contribution in [3.05, 3.63) is 40.5 Å². The van der Waals surface area contributed by atoms with Gasteiger partial charge in [-0.3, -0.25) is 4.90 Å². The molecule has 122 valence electrons. The molecule has 2 aromatic rings. The van der Waals surface area contributed by atoms with Crippen LogP contribution in [-0.4, -0.2) is 35.6 Å². The molecule has 0 bridgehead atoms. The fourth-order valence-corrected chi connectivity index (χ4v) is 3.09. The van der Waals surface area contributed by atoms with Gasteiger partial charge in [-0.25, -0.2) is 4.98 Å². The SMILES string of the molecule is Cc1c(Cl)c(CN2CCNC(C)C2)nc2ccccc12.Cl.Cl. The van der Waals surface area contributed by atoms with Crippen LogP contribution in [-0.2, 0) is 6.54 Å². The van der Waals surface area contributed by atoms with Crippen LogP contribution in [0.25, 0.3) is 10.9 Å². The zero-order valence-electron chi connectivity index (χ0n) is 12.8. The Morgan fingerprint density at radius 1 is 1.32 bits per heavy atom. The van der Waals surface area contributed by atoms with E-state index in [-0.39, 0.29) is 24.8 Å². The quantitative estimate of drug-likeness (QED) is 0.880. The van der Waals surface area contributed by atoms with Crippen LogP contribution in [0.3, 0.4) is 0 Å². The summed E-state index contributed by atoms with van der Waals surface area (Å²) in [5.41, 5.74) is 3.17. The number of benzene rings is 1. The molecule has 1 aromatic carbocycles. The Hall–Kier alpha value is -0.580. The van der Waals surface area contributed by atoms with Crippen LogP contribution in [0.2, 0.25) is 5.02 Å². The Morgan fingerprint density at radius 2 is 2.05 bits per heavy atom. The van der Waals surface area contributed by atoms with E-state index in [2.05, 4.69) is 36.2 Å². The number of pyridine rings is 1. The van der Waals surface area contributed by atoms with E-state index in [1.54, 1.807) is 0 Å². The highest BCUT2D eigenvalue weighted by Crippen LogP contribution is 2.27. The van der Waals surface area contributed by atoms with Crippen LogP contribution in [0, 0.1) is 6.92 Å². The Balaban J connectivity index is 0.00000121.